The summed E-state index contributed by atoms with van der Waals surface area (Å²) in [5.74, 6) is -1.98. The van der Waals surface area contributed by atoms with Gasteiger partial charge < -0.3 is 15.0 Å². The minimum Gasteiger partial charge on any atom is -0.402 e. The summed E-state index contributed by atoms with van der Waals surface area (Å²) in [6.07, 6.45) is 0. The molecule has 1 aliphatic rings. The third-order valence-electron chi connectivity index (χ3n) is 3.88. The molecule has 0 spiro atoms. The number of rotatable bonds is 2. The van der Waals surface area contributed by atoms with Crippen LogP contribution in [0.5, 0.6) is 0 Å². The minimum absolute atomic E-state index is 0.0542. The molecule has 1 unspecified atom stereocenters. The largest absolute Gasteiger partial charge is 0.480 e. The van der Waals surface area contributed by atoms with E-state index in [0.717, 1.165) is 18.2 Å². The van der Waals surface area contributed by atoms with Crippen LogP contribution >= 0.6 is 0 Å². The molecule has 1 atom stereocenters. The van der Waals surface area contributed by atoms with Crippen LogP contribution in [0.3, 0.4) is 0 Å². The van der Waals surface area contributed by atoms with Gasteiger partial charge in [-0.1, -0.05) is 0 Å². The standard InChI is InChI=1S/C13H18BF2NO2/c1-12(2)13(3,4)19-14(18-12)11(17)9-7-8(15)5-6-10(9)16/h5-7,11H,17H2,1-4H3. The van der Waals surface area contributed by atoms with E-state index in [1.807, 2.05) is 27.7 Å². The summed E-state index contributed by atoms with van der Waals surface area (Å²) in [7, 11) is -0.804. The number of hydrogen-bond donors (Lipinski definition) is 1. The Morgan fingerprint density at radius 1 is 1.11 bits per heavy atom. The first kappa shape index (κ1) is 14.4. The Hall–Kier alpha value is -0.975. The van der Waals surface area contributed by atoms with Gasteiger partial charge in [0.25, 0.3) is 0 Å². The molecule has 0 bridgehead atoms. The van der Waals surface area contributed by atoms with E-state index in [1.54, 1.807) is 0 Å². The number of nitrogens with two attached hydrogens (primary N) is 1. The van der Waals surface area contributed by atoms with Crippen molar-refractivity contribution >= 4 is 7.12 Å². The first-order chi connectivity index (χ1) is 8.64. The lowest BCUT2D eigenvalue weighted by atomic mass is 9.74. The molecule has 1 fully saturated rings. The normalized spacial score (nSPS) is 22.6. The summed E-state index contributed by atoms with van der Waals surface area (Å²) < 4.78 is 38.4. The number of halogens is 2. The van der Waals surface area contributed by atoms with Crippen molar-refractivity contribution in [2.45, 2.75) is 44.8 Å². The first-order valence-corrected chi connectivity index (χ1v) is 6.20. The van der Waals surface area contributed by atoms with Gasteiger partial charge in [-0.05, 0) is 45.9 Å². The Balaban J connectivity index is 2.27. The van der Waals surface area contributed by atoms with Gasteiger partial charge in [-0.2, -0.15) is 0 Å². The molecule has 2 N–H and O–H groups in total. The van der Waals surface area contributed by atoms with Crippen molar-refractivity contribution in [2.75, 3.05) is 0 Å². The molecule has 1 heterocycles. The predicted octanol–water partition coefficient (Wildman–Crippen LogP) is 2.60. The maximum Gasteiger partial charge on any atom is 0.480 e. The predicted molar refractivity (Wildman–Crippen MR) is 69.4 cm³/mol. The molecule has 2 rings (SSSR count). The van der Waals surface area contributed by atoms with Gasteiger partial charge in [0.05, 0.1) is 17.1 Å². The van der Waals surface area contributed by atoms with Crippen LogP contribution in [-0.2, 0) is 9.31 Å². The van der Waals surface area contributed by atoms with E-state index in [2.05, 4.69) is 0 Å². The molecule has 6 heteroatoms. The van der Waals surface area contributed by atoms with Crippen molar-refractivity contribution in [1.29, 1.82) is 0 Å². The highest BCUT2D eigenvalue weighted by Gasteiger charge is 2.53. The van der Waals surface area contributed by atoms with E-state index in [9.17, 15) is 8.78 Å². The number of hydrogen-bond acceptors (Lipinski definition) is 3. The van der Waals surface area contributed by atoms with Crippen molar-refractivity contribution in [3.8, 4) is 0 Å². The second kappa shape index (κ2) is 4.54. The van der Waals surface area contributed by atoms with Gasteiger partial charge in [0.2, 0.25) is 0 Å². The smallest absolute Gasteiger partial charge is 0.402 e. The zero-order chi connectivity index (χ0) is 14.4. The maximum atomic E-state index is 13.7. The van der Waals surface area contributed by atoms with E-state index in [1.165, 1.54) is 0 Å². The molecule has 0 aliphatic carbocycles. The Bertz CT molecular complexity index is 478. The van der Waals surface area contributed by atoms with Crippen molar-refractivity contribution in [1.82, 2.24) is 0 Å². The van der Waals surface area contributed by atoms with Gasteiger partial charge in [-0.25, -0.2) is 8.78 Å². The van der Waals surface area contributed by atoms with Crippen LogP contribution in [0, 0.1) is 11.6 Å². The first-order valence-electron chi connectivity index (χ1n) is 6.20. The monoisotopic (exact) mass is 269 g/mol. The topological polar surface area (TPSA) is 44.5 Å². The lowest BCUT2D eigenvalue weighted by molar-refractivity contribution is 0.00578. The lowest BCUT2D eigenvalue weighted by Gasteiger charge is -2.32. The summed E-state index contributed by atoms with van der Waals surface area (Å²) in [5.41, 5.74) is 4.90. The Morgan fingerprint density at radius 2 is 1.63 bits per heavy atom. The van der Waals surface area contributed by atoms with Crippen LogP contribution in [0.2, 0.25) is 0 Å². The van der Waals surface area contributed by atoms with Gasteiger partial charge in [0.1, 0.15) is 11.6 Å². The molecular weight excluding hydrogens is 251 g/mol. The van der Waals surface area contributed by atoms with Crippen LogP contribution in [-0.4, -0.2) is 18.3 Å². The summed E-state index contributed by atoms with van der Waals surface area (Å²) in [6.45, 7) is 7.51. The van der Waals surface area contributed by atoms with Gasteiger partial charge in [-0.15, -0.1) is 0 Å². The van der Waals surface area contributed by atoms with Gasteiger partial charge in [0.15, 0.2) is 0 Å². The second-order valence-electron chi connectivity index (χ2n) is 5.82. The fourth-order valence-corrected chi connectivity index (χ4v) is 1.95. The third kappa shape index (κ3) is 2.52. The summed E-state index contributed by atoms with van der Waals surface area (Å²) in [5, 5.41) is 0. The fraction of sp³-hybridized carbons (Fsp3) is 0.538. The minimum atomic E-state index is -0.878. The Kier molecular flexibility index (Phi) is 3.45. The Morgan fingerprint density at radius 3 is 2.16 bits per heavy atom. The number of benzene rings is 1. The SMILES string of the molecule is CC1(C)OB(C(N)c2cc(F)ccc2F)OC1(C)C. The fourth-order valence-electron chi connectivity index (χ4n) is 1.95. The highest BCUT2D eigenvalue weighted by atomic mass is 19.1. The van der Waals surface area contributed by atoms with Crippen LogP contribution < -0.4 is 5.73 Å². The van der Waals surface area contributed by atoms with Crippen LogP contribution in [0.1, 0.15) is 39.2 Å². The van der Waals surface area contributed by atoms with Crippen molar-refractivity contribution < 1.29 is 18.1 Å². The Labute approximate surface area is 112 Å². The van der Waals surface area contributed by atoms with E-state index in [0.29, 0.717) is 0 Å². The van der Waals surface area contributed by atoms with E-state index in [-0.39, 0.29) is 5.56 Å². The molecule has 0 aromatic heterocycles. The molecule has 1 aromatic carbocycles. The van der Waals surface area contributed by atoms with Gasteiger partial charge >= 0.3 is 7.12 Å². The van der Waals surface area contributed by atoms with E-state index in [4.69, 9.17) is 15.0 Å². The second-order valence-corrected chi connectivity index (χ2v) is 5.82. The van der Waals surface area contributed by atoms with E-state index >= 15 is 0 Å². The molecule has 0 saturated carbocycles. The van der Waals surface area contributed by atoms with Crippen LogP contribution in [0.4, 0.5) is 8.78 Å². The maximum absolute atomic E-state index is 13.7. The summed E-state index contributed by atoms with van der Waals surface area (Å²) in [6, 6.07) is 3.18. The molecule has 3 nitrogen and oxygen atoms in total. The van der Waals surface area contributed by atoms with Crippen molar-refractivity contribution in [3.63, 3.8) is 0 Å². The zero-order valence-electron chi connectivity index (χ0n) is 11.5. The average Bonchev–Trinajstić information content (AvgIpc) is 2.51. The van der Waals surface area contributed by atoms with Crippen molar-refractivity contribution in [2.24, 2.45) is 5.73 Å². The van der Waals surface area contributed by atoms with E-state index < -0.39 is 35.9 Å². The molecular formula is C13H18BF2NO2. The molecule has 104 valence electrons. The average molecular weight is 269 g/mol. The lowest BCUT2D eigenvalue weighted by Crippen LogP contribution is -2.41. The molecule has 0 amide bonds. The van der Waals surface area contributed by atoms with Crippen LogP contribution in [0.25, 0.3) is 0 Å². The highest BCUT2D eigenvalue weighted by Crippen LogP contribution is 2.39. The van der Waals surface area contributed by atoms with Gasteiger partial charge in [-0.3, -0.25) is 0 Å². The third-order valence-corrected chi connectivity index (χ3v) is 3.88. The van der Waals surface area contributed by atoms with Crippen molar-refractivity contribution in [3.05, 3.63) is 35.4 Å². The van der Waals surface area contributed by atoms with Crippen LogP contribution in [0.15, 0.2) is 18.2 Å². The summed E-state index contributed by atoms with van der Waals surface area (Å²) in [4.78, 5) is 0. The molecule has 1 saturated heterocycles. The van der Waals surface area contributed by atoms with Gasteiger partial charge in [0, 0.05) is 5.56 Å². The highest BCUT2D eigenvalue weighted by molar-refractivity contribution is 6.47. The molecule has 1 aromatic rings. The zero-order valence-corrected chi connectivity index (χ0v) is 11.5. The molecule has 1 aliphatic heterocycles. The molecule has 0 radical (unpaired) electrons. The summed E-state index contributed by atoms with van der Waals surface area (Å²) >= 11 is 0. The quantitative estimate of drug-likeness (QED) is 0.839. The molecule has 19 heavy (non-hydrogen) atoms.